The van der Waals surface area contributed by atoms with Crippen LogP contribution < -0.4 is 0 Å². The average molecular weight is 426 g/mol. The number of unbranched alkanes of at least 4 members (excludes halogenated alkanes) is 15. The Balaban J connectivity index is 3.45. The lowest BCUT2D eigenvalue weighted by molar-refractivity contribution is 0.483. The van der Waals surface area contributed by atoms with E-state index in [2.05, 4.69) is 6.92 Å². The van der Waals surface area contributed by atoms with Gasteiger partial charge in [-0.2, -0.15) is 0 Å². The summed E-state index contributed by atoms with van der Waals surface area (Å²) < 4.78 is 46.7. The predicted molar refractivity (Wildman–Crippen MR) is 116 cm³/mol. The Bertz CT molecular complexity index is 512. The van der Waals surface area contributed by atoms with E-state index in [0.29, 0.717) is 10.1 Å². The molecule has 0 rings (SSSR count). The van der Waals surface area contributed by atoms with E-state index in [9.17, 15) is 16.8 Å². The summed E-state index contributed by atoms with van der Waals surface area (Å²) in [6.07, 6.45) is 21.7. The van der Waals surface area contributed by atoms with Gasteiger partial charge in [0.2, 0.25) is 20.0 Å². The summed E-state index contributed by atoms with van der Waals surface area (Å²) in [6, 6.07) is 0. The summed E-state index contributed by atoms with van der Waals surface area (Å²) in [4.78, 5) is 0. The van der Waals surface area contributed by atoms with Crippen LogP contribution in [0.15, 0.2) is 0 Å². The molecule has 0 N–H and O–H groups in total. The van der Waals surface area contributed by atoms with Crippen LogP contribution >= 0.6 is 0 Å². The Labute approximate surface area is 169 Å². The quantitative estimate of drug-likeness (QED) is 0.257. The van der Waals surface area contributed by atoms with E-state index >= 15 is 0 Å². The molecule has 0 aromatic carbocycles. The van der Waals surface area contributed by atoms with Gasteiger partial charge in [-0.3, -0.25) is 0 Å². The van der Waals surface area contributed by atoms with E-state index in [-0.39, 0.29) is 6.54 Å². The van der Waals surface area contributed by atoms with Crippen LogP contribution in [0.3, 0.4) is 0 Å². The molecule has 0 fully saturated rings. The molecule has 0 atom stereocenters. The van der Waals surface area contributed by atoms with E-state index in [1.54, 1.807) is 0 Å². The second kappa shape index (κ2) is 15.7. The third-order valence-electron chi connectivity index (χ3n) is 4.93. The Morgan fingerprint density at radius 3 is 1.00 bits per heavy atom. The first-order valence-electron chi connectivity index (χ1n) is 10.9. The Hall–Kier alpha value is -0.140. The van der Waals surface area contributed by atoms with Crippen molar-refractivity contribution in [2.75, 3.05) is 19.1 Å². The predicted octanol–water partition coefficient (Wildman–Crippen LogP) is 5.47. The maximum Gasteiger partial charge on any atom is 0.224 e. The van der Waals surface area contributed by atoms with E-state index in [1.807, 2.05) is 0 Å². The second-order valence-corrected chi connectivity index (χ2v) is 11.9. The van der Waals surface area contributed by atoms with Gasteiger partial charge in [0.15, 0.2) is 0 Å². The minimum atomic E-state index is -3.70. The molecule has 0 aromatic heterocycles. The molecule has 0 spiro atoms. The largest absolute Gasteiger partial charge is 0.224 e. The summed E-state index contributed by atoms with van der Waals surface area (Å²) in [5.74, 6) is 0. The van der Waals surface area contributed by atoms with Gasteiger partial charge in [-0.25, -0.2) is 16.8 Å². The van der Waals surface area contributed by atoms with E-state index in [1.165, 1.54) is 77.0 Å². The van der Waals surface area contributed by atoms with Crippen molar-refractivity contribution in [3.63, 3.8) is 0 Å². The fourth-order valence-corrected chi connectivity index (χ4v) is 6.26. The summed E-state index contributed by atoms with van der Waals surface area (Å²) in [5, 5.41) is 0. The molecule has 0 heterocycles. The van der Waals surface area contributed by atoms with Crippen molar-refractivity contribution in [3.05, 3.63) is 0 Å². The lowest BCUT2D eigenvalue weighted by Crippen LogP contribution is -2.36. The van der Waals surface area contributed by atoms with Crippen molar-refractivity contribution in [2.24, 2.45) is 0 Å². The summed E-state index contributed by atoms with van der Waals surface area (Å²) >= 11 is 0. The monoisotopic (exact) mass is 425 g/mol. The van der Waals surface area contributed by atoms with E-state index in [4.69, 9.17) is 0 Å². The van der Waals surface area contributed by atoms with Crippen molar-refractivity contribution >= 4 is 20.0 Å². The molecule has 0 bridgehead atoms. The van der Waals surface area contributed by atoms with Crippen molar-refractivity contribution in [1.29, 1.82) is 0 Å². The van der Waals surface area contributed by atoms with Gasteiger partial charge in [-0.05, 0) is 6.42 Å². The van der Waals surface area contributed by atoms with Crippen LogP contribution in [0.1, 0.15) is 110 Å². The molecule has 0 unspecified atom stereocenters. The van der Waals surface area contributed by atoms with Gasteiger partial charge in [-0.1, -0.05) is 107 Å². The van der Waals surface area contributed by atoms with Gasteiger partial charge in [0.05, 0.1) is 12.5 Å². The molecular formula is C20H43NO4S2. The van der Waals surface area contributed by atoms with Gasteiger partial charge in [0.1, 0.15) is 0 Å². The molecule has 0 amide bonds. The van der Waals surface area contributed by atoms with Gasteiger partial charge >= 0.3 is 0 Å². The maximum atomic E-state index is 11.5. The summed E-state index contributed by atoms with van der Waals surface area (Å²) in [6.45, 7) is 2.32. The number of nitrogens with zero attached hydrogens (tertiary/aromatic N) is 1. The molecular weight excluding hydrogens is 382 g/mol. The molecule has 7 heteroatoms. The van der Waals surface area contributed by atoms with Gasteiger partial charge < -0.3 is 0 Å². The molecule has 0 aliphatic rings. The first kappa shape index (κ1) is 26.9. The molecule has 164 valence electrons. The Morgan fingerprint density at radius 2 is 0.741 bits per heavy atom. The van der Waals surface area contributed by atoms with Crippen LogP contribution in [0.25, 0.3) is 0 Å². The fraction of sp³-hybridized carbons (Fsp3) is 1.00. The molecule has 0 aromatic rings. The maximum absolute atomic E-state index is 11.5. The SMILES string of the molecule is CCCCCCCCCCCCCCCCCCN(S(C)(=O)=O)S(C)(=O)=O. The highest BCUT2D eigenvalue weighted by Crippen LogP contribution is 2.14. The third kappa shape index (κ3) is 16.5. The molecule has 0 aliphatic heterocycles. The van der Waals surface area contributed by atoms with Crippen LogP contribution in [0.5, 0.6) is 0 Å². The van der Waals surface area contributed by atoms with Crippen molar-refractivity contribution in [2.45, 2.75) is 110 Å². The highest BCUT2D eigenvalue weighted by atomic mass is 32.3. The molecule has 0 saturated heterocycles. The van der Waals surface area contributed by atoms with E-state index < -0.39 is 20.0 Å². The van der Waals surface area contributed by atoms with E-state index in [0.717, 1.165) is 31.8 Å². The first-order valence-corrected chi connectivity index (χ1v) is 14.6. The smallest absolute Gasteiger partial charge is 0.212 e. The molecule has 0 radical (unpaired) electrons. The molecule has 0 saturated carbocycles. The normalized spacial score (nSPS) is 12.7. The van der Waals surface area contributed by atoms with Crippen LogP contribution in [0, 0.1) is 0 Å². The number of hydrogen-bond acceptors (Lipinski definition) is 4. The zero-order valence-electron chi connectivity index (χ0n) is 17.9. The summed E-state index contributed by atoms with van der Waals surface area (Å²) in [5.41, 5.74) is 0. The molecule has 0 aliphatic carbocycles. The lowest BCUT2D eigenvalue weighted by atomic mass is 10.0. The van der Waals surface area contributed by atoms with Crippen LogP contribution in [-0.2, 0) is 20.0 Å². The number of sulfonamides is 2. The minimum Gasteiger partial charge on any atom is -0.212 e. The highest BCUT2D eigenvalue weighted by Gasteiger charge is 2.25. The summed E-state index contributed by atoms with van der Waals surface area (Å²) in [7, 11) is -7.40. The number of rotatable bonds is 19. The van der Waals surface area contributed by atoms with Crippen LogP contribution in [0.2, 0.25) is 0 Å². The molecule has 5 nitrogen and oxygen atoms in total. The topological polar surface area (TPSA) is 71.5 Å². The van der Waals surface area contributed by atoms with Crippen molar-refractivity contribution in [3.8, 4) is 0 Å². The highest BCUT2D eigenvalue weighted by molar-refractivity contribution is 8.03. The fourth-order valence-electron chi connectivity index (χ4n) is 3.37. The zero-order chi connectivity index (χ0) is 20.6. The minimum absolute atomic E-state index is 0.0656. The first-order chi connectivity index (χ1) is 12.7. The van der Waals surface area contributed by atoms with Crippen LogP contribution in [0.4, 0.5) is 0 Å². The number of hydrogen-bond donors (Lipinski definition) is 0. The third-order valence-corrected chi connectivity index (χ3v) is 8.40. The lowest BCUT2D eigenvalue weighted by Gasteiger charge is -2.17. The Kier molecular flexibility index (Phi) is 15.7. The molecule has 27 heavy (non-hydrogen) atoms. The average Bonchev–Trinajstić information content (AvgIpc) is 2.55. The van der Waals surface area contributed by atoms with Crippen LogP contribution in [-0.4, -0.2) is 39.6 Å². The van der Waals surface area contributed by atoms with Crippen molar-refractivity contribution in [1.82, 2.24) is 3.71 Å². The standard InChI is InChI=1S/C20H43NO4S2/c1-4-5-6-7-8-9-10-11-12-13-14-15-16-17-18-19-20-21(26(2,22)23)27(3,24)25/h4-20H2,1-3H3. The van der Waals surface area contributed by atoms with Crippen molar-refractivity contribution < 1.29 is 16.8 Å². The zero-order valence-corrected chi connectivity index (χ0v) is 19.6. The second-order valence-electron chi connectivity index (χ2n) is 7.83. The van der Waals surface area contributed by atoms with Gasteiger partial charge in [0.25, 0.3) is 0 Å². The van der Waals surface area contributed by atoms with Gasteiger partial charge in [0, 0.05) is 6.54 Å². The Morgan fingerprint density at radius 1 is 0.481 bits per heavy atom. The van der Waals surface area contributed by atoms with Gasteiger partial charge in [-0.15, -0.1) is 0 Å².